The molecular formula is C17H18N6OS. The molecule has 3 aromatic rings. The zero-order valence-electron chi connectivity index (χ0n) is 14.0. The SMILES string of the molecule is Cc1cc(C)n(C2CN(C(=O)Nc3nc(-c4ccccc4)ns3)C2)n1. The van der Waals surface area contributed by atoms with Crippen molar-refractivity contribution in [1.29, 1.82) is 0 Å². The summed E-state index contributed by atoms with van der Waals surface area (Å²) in [7, 11) is 0. The van der Waals surface area contributed by atoms with Crippen LogP contribution in [0.3, 0.4) is 0 Å². The molecule has 1 N–H and O–H groups in total. The minimum Gasteiger partial charge on any atom is -0.320 e. The number of anilines is 1. The molecule has 0 radical (unpaired) electrons. The Morgan fingerprint density at radius 1 is 1.24 bits per heavy atom. The van der Waals surface area contributed by atoms with E-state index in [2.05, 4.69) is 25.8 Å². The molecule has 8 heteroatoms. The molecule has 4 rings (SSSR count). The van der Waals surface area contributed by atoms with Crippen molar-refractivity contribution in [3.05, 3.63) is 47.8 Å². The predicted molar refractivity (Wildman–Crippen MR) is 96.7 cm³/mol. The van der Waals surface area contributed by atoms with Crippen molar-refractivity contribution < 1.29 is 4.79 Å². The molecule has 1 aliphatic heterocycles. The average Bonchev–Trinajstić information content (AvgIpc) is 3.14. The maximum Gasteiger partial charge on any atom is 0.323 e. The number of amides is 2. The fraction of sp³-hybridized carbons (Fsp3) is 0.294. The average molecular weight is 354 g/mol. The summed E-state index contributed by atoms with van der Waals surface area (Å²) in [5.41, 5.74) is 3.06. The van der Waals surface area contributed by atoms with Gasteiger partial charge in [-0.3, -0.25) is 10.00 Å². The highest BCUT2D eigenvalue weighted by Gasteiger charge is 2.33. The molecule has 1 saturated heterocycles. The highest BCUT2D eigenvalue weighted by atomic mass is 32.1. The van der Waals surface area contributed by atoms with Crippen LogP contribution in [0, 0.1) is 13.8 Å². The standard InChI is InChI=1S/C17H18N6OS/c1-11-8-12(2)23(20-11)14-9-22(10-14)17(24)19-16-18-15(21-25-16)13-6-4-3-5-7-13/h3-8,14H,9-10H2,1-2H3,(H,18,19,21,24). The van der Waals surface area contributed by atoms with Crippen LogP contribution < -0.4 is 5.32 Å². The number of nitrogens with one attached hydrogen (secondary N) is 1. The number of rotatable bonds is 3. The number of carbonyl (C=O) groups is 1. The molecule has 0 saturated carbocycles. The number of aryl methyl sites for hydroxylation is 2. The molecule has 25 heavy (non-hydrogen) atoms. The number of benzene rings is 1. The van der Waals surface area contributed by atoms with Gasteiger partial charge in [-0.2, -0.15) is 14.5 Å². The second kappa shape index (κ2) is 6.29. The van der Waals surface area contributed by atoms with E-state index in [4.69, 9.17) is 0 Å². The van der Waals surface area contributed by atoms with Crippen molar-refractivity contribution in [3.8, 4) is 11.4 Å². The Balaban J connectivity index is 1.36. The number of nitrogens with zero attached hydrogens (tertiary/aromatic N) is 5. The number of likely N-dealkylation sites (tertiary alicyclic amines) is 1. The van der Waals surface area contributed by atoms with E-state index in [9.17, 15) is 4.79 Å². The Labute approximate surface area is 149 Å². The van der Waals surface area contributed by atoms with Crippen LogP contribution in [0.15, 0.2) is 36.4 Å². The van der Waals surface area contributed by atoms with Gasteiger partial charge in [0.05, 0.1) is 11.7 Å². The predicted octanol–water partition coefficient (Wildman–Crippen LogP) is 3.11. The minimum atomic E-state index is -0.145. The zero-order chi connectivity index (χ0) is 17.4. The van der Waals surface area contributed by atoms with Crippen molar-refractivity contribution in [1.82, 2.24) is 24.0 Å². The largest absolute Gasteiger partial charge is 0.323 e. The smallest absolute Gasteiger partial charge is 0.320 e. The van der Waals surface area contributed by atoms with E-state index in [0.29, 0.717) is 24.0 Å². The third-order valence-electron chi connectivity index (χ3n) is 4.21. The van der Waals surface area contributed by atoms with E-state index in [1.54, 1.807) is 4.90 Å². The van der Waals surface area contributed by atoms with Gasteiger partial charge in [-0.15, -0.1) is 0 Å². The molecule has 7 nitrogen and oxygen atoms in total. The molecule has 0 aliphatic carbocycles. The van der Waals surface area contributed by atoms with E-state index in [0.717, 1.165) is 17.0 Å². The lowest BCUT2D eigenvalue weighted by atomic mass is 10.1. The lowest BCUT2D eigenvalue weighted by Crippen LogP contribution is -2.52. The van der Waals surface area contributed by atoms with Crippen LogP contribution in [0.4, 0.5) is 9.93 Å². The van der Waals surface area contributed by atoms with E-state index < -0.39 is 0 Å². The Hall–Kier alpha value is -2.74. The molecule has 0 bridgehead atoms. The molecule has 128 valence electrons. The van der Waals surface area contributed by atoms with Gasteiger partial charge in [0.25, 0.3) is 0 Å². The van der Waals surface area contributed by atoms with Crippen molar-refractivity contribution in [2.24, 2.45) is 0 Å². The fourth-order valence-electron chi connectivity index (χ4n) is 2.94. The highest BCUT2D eigenvalue weighted by Crippen LogP contribution is 2.25. The summed E-state index contributed by atoms with van der Waals surface area (Å²) in [5, 5.41) is 7.83. The summed E-state index contributed by atoms with van der Waals surface area (Å²) in [4.78, 5) is 18.5. The summed E-state index contributed by atoms with van der Waals surface area (Å²) >= 11 is 1.19. The van der Waals surface area contributed by atoms with Crippen LogP contribution >= 0.6 is 11.5 Å². The molecule has 3 heterocycles. The van der Waals surface area contributed by atoms with Gasteiger partial charge < -0.3 is 4.90 Å². The maximum atomic E-state index is 12.3. The third kappa shape index (κ3) is 3.12. The van der Waals surface area contributed by atoms with Crippen LogP contribution in [0.5, 0.6) is 0 Å². The lowest BCUT2D eigenvalue weighted by Gasteiger charge is -2.39. The second-order valence-electron chi connectivity index (χ2n) is 6.15. The van der Waals surface area contributed by atoms with Gasteiger partial charge in [-0.25, -0.2) is 4.79 Å². The van der Waals surface area contributed by atoms with Gasteiger partial charge in [0.2, 0.25) is 5.13 Å². The first-order valence-electron chi connectivity index (χ1n) is 8.08. The minimum absolute atomic E-state index is 0.145. The van der Waals surface area contributed by atoms with Crippen LogP contribution in [0.1, 0.15) is 17.4 Å². The first-order valence-corrected chi connectivity index (χ1v) is 8.85. The summed E-state index contributed by atoms with van der Waals surface area (Å²) in [6.07, 6.45) is 0. The van der Waals surface area contributed by atoms with Crippen molar-refractivity contribution >= 4 is 22.7 Å². The van der Waals surface area contributed by atoms with Crippen LogP contribution in [-0.2, 0) is 0 Å². The Bertz CT molecular complexity index is 897. The Kier molecular flexibility index (Phi) is 3.96. The van der Waals surface area contributed by atoms with Gasteiger partial charge in [-0.1, -0.05) is 30.3 Å². The molecule has 0 spiro atoms. The van der Waals surface area contributed by atoms with Gasteiger partial charge in [-0.05, 0) is 19.9 Å². The maximum absolute atomic E-state index is 12.3. The summed E-state index contributed by atoms with van der Waals surface area (Å²) in [6, 6.07) is 11.9. The third-order valence-corrected chi connectivity index (χ3v) is 4.84. The summed E-state index contributed by atoms with van der Waals surface area (Å²) in [5.74, 6) is 0.630. The number of aromatic nitrogens is 4. The fourth-order valence-corrected chi connectivity index (χ4v) is 3.52. The van der Waals surface area contributed by atoms with Gasteiger partial charge in [0, 0.05) is 35.9 Å². The molecule has 0 unspecified atom stereocenters. The van der Waals surface area contributed by atoms with Crippen molar-refractivity contribution in [2.45, 2.75) is 19.9 Å². The number of hydrogen-bond donors (Lipinski definition) is 1. The van der Waals surface area contributed by atoms with Crippen molar-refractivity contribution in [2.75, 3.05) is 18.4 Å². The summed E-state index contributed by atoms with van der Waals surface area (Å²) < 4.78 is 6.30. The molecule has 0 atom stereocenters. The molecule has 1 aromatic carbocycles. The molecule has 2 aromatic heterocycles. The second-order valence-corrected chi connectivity index (χ2v) is 6.90. The van der Waals surface area contributed by atoms with Gasteiger partial charge >= 0.3 is 6.03 Å². The van der Waals surface area contributed by atoms with E-state index >= 15 is 0 Å². The molecular weight excluding hydrogens is 336 g/mol. The van der Waals surface area contributed by atoms with Crippen LogP contribution in [-0.4, -0.2) is 43.2 Å². The lowest BCUT2D eigenvalue weighted by molar-refractivity contribution is 0.127. The topological polar surface area (TPSA) is 75.9 Å². The van der Waals surface area contributed by atoms with E-state index in [-0.39, 0.29) is 12.1 Å². The van der Waals surface area contributed by atoms with Gasteiger partial charge in [0.1, 0.15) is 0 Å². The molecule has 2 amide bonds. The molecule has 1 fully saturated rings. The number of hydrogen-bond acceptors (Lipinski definition) is 5. The molecule has 1 aliphatic rings. The number of urea groups is 1. The Morgan fingerprint density at radius 2 is 2.00 bits per heavy atom. The van der Waals surface area contributed by atoms with Crippen molar-refractivity contribution in [3.63, 3.8) is 0 Å². The summed E-state index contributed by atoms with van der Waals surface area (Å²) in [6.45, 7) is 5.32. The Morgan fingerprint density at radius 3 is 2.68 bits per heavy atom. The van der Waals surface area contributed by atoms with Crippen LogP contribution in [0.25, 0.3) is 11.4 Å². The monoisotopic (exact) mass is 354 g/mol. The quantitative estimate of drug-likeness (QED) is 0.784. The zero-order valence-corrected chi connectivity index (χ0v) is 14.8. The normalized spacial score (nSPS) is 14.4. The number of carbonyl (C=O) groups excluding carboxylic acids is 1. The van der Waals surface area contributed by atoms with E-state index in [1.807, 2.05) is 48.9 Å². The van der Waals surface area contributed by atoms with Crippen LogP contribution in [0.2, 0.25) is 0 Å². The highest BCUT2D eigenvalue weighted by molar-refractivity contribution is 7.10. The van der Waals surface area contributed by atoms with Gasteiger partial charge in [0.15, 0.2) is 5.82 Å². The first kappa shape index (κ1) is 15.8. The van der Waals surface area contributed by atoms with E-state index in [1.165, 1.54) is 11.5 Å². The first-order chi connectivity index (χ1) is 12.1.